The number of likely N-dealkylation sites (tertiary alicyclic amines) is 1. The number of likely N-dealkylation sites (N-methyl/N-ethyl adjacent to an activating group) is 1. The minimum absolute atomic E-state index is 0.151. The topological polar surface area (TPSA) is 151 Å². The Bertz CT molecular complexity index is 1990. The molecule has 0 bridgehead atoms. The summed E-state index contributed by atoms with van der Waals surface area (Å²) in [6, 6.07) is 16.4. The van der Waals surface area contributed by atoms with Gasteiger partial charge in [0.1, 0.15) is 11.5 Å². The maximum absolute atomic E-state index is 12.3. The molecule has 2 N–H and O–H groups in total. The Morgan fingerprint density at radius 3 is 2.10 bits per heavy atom. The second kappa shape index (κ2) is 14.8. The van der Waals surface area contributed by atoms with E-state index >= 15 is 0 Å². The molecular formula is C30H29ClF6N8O5. The van der Waals surface area contributed by atoms with Crippen LogP contribution >= 0.6 is 11.6 Å². The molecule has 1 amide bonds. The number of amides is 1. The predicted molar refractivity (Wildman–Crippen MR) is 167 cm³/mol. The summed E-state index contributed by atoms with van der Waals surface area (Å²) in [6.07, 6.45) is -8.16. The quantitative estimate of drug-likeness (QED) is 0.236. The number of pyridine rings is 1. The molecule has 1 aliphatic rings. The highest BCUT2D eigenvalue weighted by Crippen LogP contribution is 2.31. The molecule has 1 aromatic carbocycles. The first-order valence-corrected chi connectivity index (χ1v) is 14.8. The van der Waals surface area contributed by atoms with Crippen molar-refractivity contribution >= 4 is 46.1 Å². The summed E-state index contributed by atoms with van der Waals surface area (Å²) >= 11 is 6.29. The van der Waals surface area contributed by atoms with Crippen molar-refractivity contribution < 1.29 is 50.9 Å². The van der Waals surface area contributed by atoms with Crippen molar-refractivity contribution in [3.05, 3.63) is 71.1 Å². The van der Waals surface area contributed by atoms with E-state index in [0.717, 1.165) is 39.5 Å². The summed E-state index contributed by atoms with van der Waals surface area (Å²) in [5.74, 6) is -4.52. The van der Waals surface area contributed by atoms with Crippen molar-refractivity contribution in [2.75, 3.05) is 33.7 Å². The van der Waals surface area contributed by atoms with Gasteiger partial charge in [-0.25, -0.2) is 9.59 Å². The number of aryl methyl sites for hydroxylation is 1. The highest BCUT2D eigenvalue weighted by molar-refractivity contribution is 6.30. The summed E-state index contributed by atoms with van der Waals surface area (Å²) in [5.41, 5.74) is 5.91. The lowest BCUT2D eigenvalue weighted by molar-refractivity contribution is -0.193. The van der Waals surface area contributed by atoms with E-state index in [1.165, 1.54) is 0 Å². The number of aromatic nitrogens is 6. The molecule has 268 valence electrons. The Kier molecular flexibility index (Phi) is 11.1. The normalized spacial score (nSPS) is 13.5. The molecule has 0 atom stereocenters. The van der Waals surface area contributed by atoms with Crippen molar-refractivity contribution in [1.82, 2.24) is 38.7 Å². The number of hydrogen-bond acceptors (Lipinski definition) is 7. The monoisotopic (exact) mass is 730 g/mol. The van der Waals surface area contributed by atoms with Gasteiger partial charge in [-0.05, 0) is 63.0 Å². The number of benzene rings is 1. The van der Waals surface area contributed by atoms with Crippen molar-refractivity contribution in [3.63, 3.8) is 0 Å². The van der Waals surface area contributed by atoms with Crippen LogP contribution in [-0.2, 0) is 20.9 Å². The molecule has 6 rings (SSSR count). The fourth-order valence-corrected chi connectivity index (χ4v) is 5.13. The van der Waals surface area contributed by atoms with E-state index in [9.17, 15) is 31.1 Å². The zero-order valence-corrected chi connectivity index (χ0v) is 27.2. The van der Waals surface area contributed by atoms with E-state index < -0.39 is 24.3 Å². The van der Waals surface area contributed by atoms with Gasteiger partial charge in [0.15, 0.2) is 5.65 Å². The molecule has 13 nitrogen and oxygen atoms in total. The lowest BCUT2D eigenvalue weighted by atomic mass is 10.1. The van der Waals surface area contributed by atoms with Gasteiger partial charge in [-0.3, -0.25) is 13.9 Å². The number of fused-ring (bicyclic) bond motifs is 3. The first kappa shape index (κ1) is 37.6. The highest BCUT2D eigenvalue weighted by atomic mass is 35.5. The van der Waals surface area contributed by atoms with Crippen molar-refractivity contribution in [1.29, 1.82) is 0 Å². The van der Waals surface area contributed by atoms with Crippen molar-refractivity contribution in [2.24, 2.45) is 0 Å². The van der Waals surface area contributed by atoms with Gasteiger partial charge < -0.3 is 24.6 Å². The van der Waals surface area contributed by atoms with Crippen LogP contribution in [0.2, 0.25) is 5.02 Å². The standard InChI is InChI=1S/C26H27ClN8O.2C2HF3O2/c1-17-28-29-25-8-7-22-24(35(17)25)12-23(33(22)13-18-5-4-6-19(27)11-18)21-9-10-34(30-21)20-14-32(15-20)26(36)16-31(2)3;2*3-2(4,5)1(6)7/h4-12,20H,13-16H2,1-3H3;2*(H,6,7). The number of hydrogen-bond donors (Lipinski definition) is 2. The van der Waals surface area contributed by atoms with Crippen LogP contribution < -0.4 is 0 Å². The van der Waals surface area contributed by atoms with Gasteiger partial charge in [-0.2, -0.15) is 31.4 Å². The van der Waals surface area contributed by atoms with Crippen LogP contribution in [-0.4, -0.2) is 113 Å². The van der Waals surface area contributed by atoms with E-state index in [2.05, 4.69) is 37.4 Å². The SMILES string of the molecule is Cc1nnc2ccc3c(cc(-c4ccn(C5CN(C(=O)CN(C)C)C5)n4)n3Cc3cccc(Cl)c3)n12.O=C(O)C(F)(F)F.O=C(O)C(F)(F)F. The molecule has 20 heteroatoms. The number of carbonyl (C=O) groups excluding carboxylic acids is 1. The fourth-order valence-electron chi connectivity index (χ4n) is 4.92. The lowest BCUT2D eigenvalue weighted by Crippen LogP contribution is -2.53. The van der Waals surface area contributed by atoms with Crippen LogP contribution in [0.5, 0.6) is 0 Å². The largest absolute Gasteiger partial charge is 0.490 e. The van der Waals surface area contributed by atoms with E-state index in [0.29, 0.717) is 31.2 Å². The van der Waals surface area contributed by atoms with Crippen LogP contribution in [0, 0.1) is 6.92 Å². The average Bonchev–Trinajstić information content (AvgIpc) is 3.69. The third-order valence-electron chi connectivity index (χ3n) is 7.22. The predicted octanol–water partition coefficient (Wildman–Crippen LogP) is 4.77. The van der Waals surface area contributed by atoms with Crippen LogP contribution in [0.3, 0.4) is 0 Å². The van der Waals surface area contributed by atoms with Crippen molar-refractivity contribution in [2.45, 2.75) is 31.9 Å². The number of aliphatic carboxylic acids is 2. The van der Waals surface area contributed by atoms with Gasteiger partial charge in [-0.15, -0.1) is 10.2 Å². The van der Waals surface area contributed by atoms with E-state index in [1.54, 1.807) is 0 Å². The minimum atomic E-state index is -5.08. The number of halogens is 7. The summed E-state index contributed by atoms with van der Waals surface area (Å²) in [6.45, 7) is 4.40. The molecule has 1 aliphatic heterocycles. The smallest absolute Gasteiger partial charge is 0.475 e. The molecule has 5 heterocycles. The van der Waals surface area contributed by atoms with E-state index in [-0.39, 0.29) is 11.9 Å². The highest BCUT2D eigenvalue weighted by Gasteiger charge is 2.39. The Hall–Kier alpha value is -5.17. The third kappa shape index (κ3) is 8.89. The molecule has 4 aromatic heterocycles. The van der Waals surface area contributed by atoms with E-state index in [4.69, 9.17) is 36.5 Å². The second-order valence-corrected chi connectivity index (χ2v) is 11.7. The first-order valence-electron chi connectivity index (χ1n) is 14.4. The van der Waals surface area contributed by atoms with Crippen LogP contribution in [0.4, 0.5) is 26.3 Å². The van der Waals surface area contributed by atoms with Gasteiger partial charge in [0, 0.05) is 30.9 Å². The number of alkyl halides is 6. The summed E-state index contributed by atoms with van der Waals surface area (Å²) in [7, 11) is 3.82. The zero-order valence-electron chi connectivity index (χ0n) is 26.4. The maximum atomic E-state index is 12.3. The molecule has 0 unspecified atom stereocenters. The Morgan fingerprint density at radius 1 is 0.920 bits per heavy atom. The number of carbonyl (C=O) groups is 3. The van der Waals surface area contributed by atoms with Gasteiger partial charge in [0.25, 0.3) is 0 Å². The number of carboxylic acids is 2. The molecule has 0 aliphatic carbocycles. The van der Waals surface area contributed by atoms with Gasteiger partial charge in [0.2, 0.25) is 5.91 Å². The van der Waals surface area contributed by atoms with Crippen LogP contribution in [0.25, 0.3) is 28.1 Å². The molecule has 0 radical (unpaired) electrons. The van der Waals surface area contributed by atoms with Crippen LogP contribution in [0.15, 0.2) is 54.7 Å². The lowest BCUT2D eigenvalue weighted by Gasteiger charge is -2.39. The molecule has 5 aromatic rings. The van der Waals surface area contributed by atoms with Gasteiger partial charge >= 0.3 is 24.3 Å². The fraction of sp³-hybridized carbons (Fsp3) is 0.333. The molecule has 0 saturated carbocycles. The van der Waals surface area contributed by atoms with Crippen LogP contribution in [0.1, 0.15) is 17.4 Å². The Morgan fingerprint density at radius 2 is 1.54 bits per heavy atom. The summed E-state index contributed by atoms with van der Waals surface area (Å²) in [4.78, 5) is 33.9. The van der Waals surface area contributed by atoms with E-state index in [1.807, 2.05) is 72.0 Å². The average molecular weight is 731 g/mol. The summed E-state index contributed by atoms with van der Waals surface area (Å²) < 4.78 is 69.8. The number of carboxylic acid groups (broad SMARTS) is 2. The molecular weight excluding hydrogens is 702 g/mol. The second-order valence-electron chi connectivity index (χ2n) is 11.3. The molecule has 1 saturated heterocycles. The molecule has 50 heavy (non-hydrogen) atoms. The Labute approximate surface area is 283 Å². The molecule has 1 fully saturated rings. The van der Waals surface area contributed by atoms with Crippen molar-refractivity contribution in [3.8, 4) is 11.4 Å². The first-order chi connectivity index (χ1) is 23.3. The number of nitrogens with zero attached hydrogens (tertiary/aromatic N) is 8. The number of rotatable bonds is 6. The maximum Gasteiger partial charge on any atom is 0.490 e. The third-order valence-corrected chi connectivity index (χ3v) is 7.46. The van der Waals surface area contributed by atoms with Gasteiger partial charge in [0.05, 0.1) is 29.3 Å². The zero-order chi connectivity index (χ0) is 37.1. The summed E-state index contributed by atoms with van der Waals surface area (Å²) in [5, 5.41) is 28.5. The Balaban J connectivity index is 0.000000340. The molecule has 0 spiro atoms. The minimum Gasteiger partial charge on any atom is -0.475 e. The van der Waals surface area contributed by atoms with Gasteiger partial charge in [-0.1, -0.05) is 23.7 Å².